The first kappa shape index (κ1) is 20.5. The number of ketones is 1. The number of likely N-dealkylation sites (tertiary alicyclic amines) is 1. The molecule has 1 aromatic heterocycles. The van der Waals surface area contributed by atoms with Crippen molar-refractivity contribution in [3.05, 3.63) is 65.0 Å². The first-order valence-corrected chi connectivity index (χ1v) is 9.31. The summed E-state index contributed by atoms with van der Waals surface area (Å²) in [5.41, 5.74) is 1.98. The Hall–Kier alpha value is -3.19. The molecule has 7 heteroatoms. The van der Waals surface area contributed by atoms with Gasteiger partial charge in [-0.2, -0.15) is 0 Å². The number of rotatable bonds is 7. The molecule has 0 unspecified atom stereocenters. The van der Waals surface area contributed by atoms with Gasteiger partial charge in [0.1, 0.15) is 11.5 Å². The van der Waals surface area contributed by atoms with Gasteiger partial charge in [-0.3, -0.25) is 14.6 Å². The van der Waals surface area contributed by atoms with Gasteiger partial charge in [0.15, 0.2) is 0 Å². The summed E-state index contributed by atoms with van der Waals surface area (Å²) in [6.07, 6.45) is 3.79. The number of aromatic nitrogens is 1. The zero-order valence-electron chi connectivity index (χ0n) is 16.7. The minimum Gasteiger partial charge on any atom is -0.507 e. The van der Waals surface area contributed by atoms with E-state index in [1.54, 1.807) is 56.9 Å². The number of pyridine rings is 1. The molecule has 1 atom stereocenters. The fourth-order valence-electron chi connectivity index (χ4n) is 3.56. The molecular formula is C22H24N2O5. The molecule has 1 aliphatic heterocycles. The number of methoxy groups -OCH3 is 2. The molecule has 1 aliphatic rings. The van der Waals surface area contributed by atoms with E-state index in [1.807, 2.05) is 6.92 Å². The van der Waals surface area contributed by atoms with Crippen molar-refractivity contribution < 1.29 is 24.2 Å². The maximum Gasteiger partial charge on any atom is 0.295 e. The van der Waals surface area contributed by atoms with Crippen molar-refractivity contribution >= 4 is 17.4 Å². The number of aliphatic hydroxyl groups excluding tert-OH is 1. The van der Waals surface area contributed by atoms with Crippen LogP contribution in [0.1, 0.15) is 29.2 Å². The predicted octanol–water partition coefficient (Wildman–Crippen LogP) is 2.86. The molecule has 0 spiro atoms. The Morgan fingerprint density at radius 2 is 2.03 bits per heavy atom. The van der Waals surface area contributed by atoms with E-state index in [2.05, 4.69) is 4.98 Å². The number of benzene rings is 1. The first-order chi connectivity index (χ1) is 14.0. The number of hydrogen-bond acceptors (Lipinski definition) is 6. The molecule has 0 radical (unpaired) electrons. The lowest BCUT2D eigenvalue weighted by molar-refractivity contribution is -0.140. The molecule has 0 saturated carbocycles. The van der Waals surface area contributed by atoms with Crippen LogP contribution in [0.4, 0.5) is 0 Å². The number of ether oxygens (including phenoxy) is 2. The van der Waals surface area contributed by atoms with Gasteiger partial charge in [-0.1, -0.05) is 6.07 Å². The molecule has 0 aliphatic carbocycles. The summed E-state index contributed by atoms with van der Waals surface area (Å²) in [7, 11) is 3.15. The minimum absolute atomic E-state index is 0.0602. The highest BCUT2D eigenvalue weighted by atomic mass is 16.5. The Morgan fingerprint density at radius 1 is 1.24 bits per heavy atom. The minimum atomic E-state index is -0.706. The highest BCUT2D eigenvalue weighted by Crippen LogP contribution is 2.39. The van der Waals surface area contributed by atoms with Gasteiger partial charge in [-0.25, -0.2) is 0 Å². The molecule has 1 fully saturated rings. The van der Waals surface area contributed by atoms with Crippen LogP contribution in [0.25, 0.3) is 5.76 Å². The maximum absolute atomic E-state index is 12.9. The van der Waals surface area contributed by atoms with Crippen molar-refractivity contribution in [3.8, 4) is 5.75 Å². The lowest BCUT2D eigenvalue weighted by atomic mass is 9.95. The second kappa shape index (κ2) is 8.87. The highest BCUT2D eigenvalue weighted by Gasteiger charge is 2.45. The van der Waals surface area contributed by atoms with Crippen LogP contribution in [0.2, 0.25) is 0 Å². The van der Waals surface area contributed by atoms with Crippen LogP contribution in [0.5, 0.6) is 5.75 Å². The molecule has 1 aromatic carbocycles. The molecular weight excluding hydrogens is 372 g/mol. The van der Waals surface area contributed by atoms with Gasteiger partial charge in [-0.15, -0.1) is 0 Å². The van der Waals surface area contributed by atoms with Gasteiger partial charge < -0.3 is 19.5 Å². The van der Waals surface area contributed by atoms with Crippen molar-refractivity contribution in [3.63, 3.8) is 0 Å². The van der Waals surface area contributed by atoms with E-state index in [0.29, 0.717) is 36.4 Å². The summed E-state index contributed by atoms with van der Waals surface area (Å²) in [5.74, 6) is -0.883. The largest absolute Gasteiger partial charge is 0.507 e. The van der Waals surface area contributed by atoms with E-state index >= 15 is 0 Å². The van der Waals surface area contributed by atoms with Crippen LogP contribution in [-0.2, 0) is 14.3 Å². The Bertz CT molecular complexity index is 939. The predicted molar refractivity (Wildman–Crippen MR) is 107 cm³/mol. The smallest absolute Gasteiger partial charge is 0.295 e. The number of carbonyl (C=O) groups is 2. The van der Waals surface area contributed by atoms with E-state index in [4.69, 9.17) is 9.47 Å². The molecule has 7 nitrogen and oxygen atoms in total. The quantitative estimate of drug-likeness (QED) is 0.335. The molecule has 152 valence electrons. The van der Waals surface area contributed by atoms with Gasteiger partial charge >= 0.3 is 0 Å². The lowest BCUT2D eigenvalue weighted by Crippen LogP contribution is -2.31. The van der Waals surface area contributed by atoms with Gasteiger partial charge in [0.05, 0.1) is 18.7 Å². The van der Waals surface area contributed by atoms with Gasteiger partial charge in [0, 0.05) is 38.2 Å². The molecule has 2 heterocycles. The summed E-state index contributed by atoms with van der Waals surface area (Å²) >= 11 is 0. The third kappa shape index (κ3) is 4.00. The van der Waals surface area contributed by atoms with Crippen LogP contribution in [0.15, 0.2) is 48.3 Å². The van der Waals surface area contributed by atoms with Crippen LogP contribution in [0, 0.1) is 6.92 Å². The molecule has 2 aromatic rings. The van der Waals surface area contributed by atoms with Crippen LogP contribution >= 0.6 is 0 Å². The summed E-state index contributed by atoms with van der Waals surface area (Å²) in [5, 5.41) is 11.0. The monoisotopic (exact) mass is 396 g/mol. The molecule has 1 amide bonds. The van der Waals surface area contributed by atoms with Crippen LogP contribution in [-0.4, -0.2) is 54.1 Å². The Morgan fingerprint density at radius 3 is 2.66 bits per heavy atom. The van der Waals surface area contributed by atoms with E-state index < -0.39 is 17.7 Å². The average molecular weight is 396 g/mol. The third-order valence-corrected chi connectivity index (χ3v) is 4.96. The van der Waals surface area contributed by atoms with Gasteiger partial charge in [-0.05, 0) is 48.7 Å². The van der Waals surface area contributed by atoms with Crippen molar-refractivity contribution in [2.24, 2.45) is 0 Å². The number of nitrogens with zero attached hydrogens (tertiary/aromatic N) is 2. The molecule has 29 heavy (non-hydrogen) atoms. The Labute approximate surface area is 169 Å². The number of hydrogen-bond donors (Lipinski definition) is 1. The van der Waals surface area contributed by atoms with Gasteiger partial charge in [0.2, 0.25) is 0 Å². The standard InChI is InChI=1S/C22H24N2O5/c1-14-12-15(7-8-17(14)29-3)20(25)18-19(16-6-4-9-23-13-16)24(10-5-11-28-2)22(27)21(18)26/h4,6-9,12-13,19,25H,5,10-11H2,1-3H3/b20-18+/t19-/m0/s1. The van der Waals surface area contributed by atoms with E-state index in [1.165, 1.54) is 4.90 Å². The number of aliphatic hydroxyl groups is 1. The normalized spacial score (nSPS) is 18.3. The van der Waals surface area contributed by atoms with Crippen molar-refractivity contribution in [2.75, 3.05) is 27.4 Å². The van der Waals surface area contributed by atoms with Crippen molar-refractivity contribution in [1.29, 1.82) is 0 Å². The maximum atomic E-state index is 12.9. The molecule has 1 N–H and O–H groups in total. The fourth-order valence-corrected chi connectivity index (χ4v) is 3.56. The summed E-state index contributed by atoms with van der Waals surface area (Å²) in [4.78, 5) is 31.2. The zero-order valence-corrected chi connectivity index (χ0v) is 16.7. The average Bonchev–Trinajstić information content (AvgIpc) is 2.99. The molecule has 1 saturated heterocycles. The van der Waals surface area contributed by atoms with Crippen molar-refractivity contribution in [2.45, 2.75) is 19.4 Å². The summed E-state index contributed by atoms with van der Waals surface area (Å²) < 4.78 is 10.3. The zero-order chi connectivity index (χ0) is 21.0. The highest BCUT2D eigenvalue weighted by molar-refractivity contribution is 6.46. The number of Topliss-reactive ketones (excluding diaryl/α,β-unsaturated/α-hetero) is 1. The third-order valence-electron chi connectivity index (χ3n) is 4.96. The second-order valence-electron chi connectivity index (χ2n) is 6.81. The van der Waals surface area contributed by atoms with Crippen LogP contribution < -0.4 is 4.74 Å². The number of carbonyl (C=O) groups excluding carboxylic acids is 2. The number of aryl methyl sites for hydroxylation is 1. The second-order valence-corrected chi connectivity index (χ2v) is 6.81. The summed E-state index contributed by atoms with van der Waals surface area (Å²) in [6, 6.07) is 7.94. The lowest BCUT2D eigenvalue weighted by Gasteiger charge is -2.25. The Kier molecular flexibility index (Phi) is 6.29. The number of amides is 1. The first-order valence-electron chi connectivity index (χ1n) is 9.31. The van der Waals surface area contributed by atoms with Gasteiger partial charge in [0.25, 0.3) is 11.7 Å². The molecule has 3 rings (SSSR count). The topological polar surface area (TPSA) is 89.0 Å². The fraction of sp³-hybridized carbons (Fsp3) is 0.318. The summed E-state index contributed by atoms with van der Waals surface area (Å²) in [6.45, 7) is 2.63. The Balaban J connectivity index is 2.11. The molecule has 0 bridgehead atoms. The van der Waals surface area contributed by atoms with Crippen molar-refractivity contribution in [1.82, 2.24) is 9.88 Å². The van der Waals surface area contributed by atoms with Crippen LogP contribution in [0.3, 0.4) is 0 Å². The van der Waals surface area contributed by atoms with E-state index in [9.17, 15) is 14.7 Å². The van der Waals surface area contributed by atoms with E-state index in [-0.39, 0.29) is 11.3 Å². The SMILES string of the molecule is COCCCN1C(=O)C(=O)/C(=C(/O)c2ccc(OC)c(C)c2)[C@@H]1c1cccnc1. The van der Waals surface area contributed by atoms with E-state index in [0.717, 1.165) is 5.56 Å².